The van der Waals surface area contributed by atoms with E-state index >= 15 is 0 Å². The molecule has 1 atom stereocenters. The molecule has 0 amide bonds. The molecule has 1 N–H and O–H groups in total. The van der Waals surface area contributed by atoms with Crippen LogP contribution in [0.4, 0.5) is 0 Å². The van der Waals surface area contributed by atoms with Gasteiger partial charge in [-0.15, -0.1) is 0 Å². The van der Waals surface area contributed by atoms with Crippen LogP contribution in [0.5, 0.6) is 0 Å². The number of nitrogens with zero attached hydrogens (tertiary/aromatic N) is 3. The second kappa shape index (κ2) is 7.31. The minimum absolute atomic E-state index is 0.284. The van der Waals surface area contributed by atoms with E-state index in [1.807, 2.05) is 0 Å². The lowest BCUT2D eigenvalue weighted by molar-refractivity contribution is 0.484. The van der Waals surface area contributed by atoms with Crippen LogP contribution in [0.1, 0.15) is 27.7 Å². The molecule has 1 aliphatic heterocycles. The van der Waals surface area contributed by atoms with Gasteiger partial charge in [0, 0.05) is 0 Å². The molecule has 0 bridgehead atoms. The van der Waals surface area contributed by atoms with Gasteiger partial charge in [0.15, 0.2) is 35.8 Å². The zero-order valence-corrected chi connectivity index (χ0v) is 19.5. The third kappa shape index (κ3) is 3.07. The number of hydrogen-bond donors (Lipinski definition) is 1. The average Bonchev–Trinajstić information content (AvgIpc) is 2.44. The van der Waals surface area contributed by atoms with Crippen molar-refractivity contribution in [3.8, 4) is 0 Å². The first kappa shape index (κ1) is 18.8. The van der Waals surface area contributed by atoms with Gasteiger partial charge < -0.3 is 17.3 Å². The molecule has 0 aromatic rings. The predicted octanol–water partition coefficient (Wildman–Crippen LogP) is 1.20. The fourth-order valence-electron chi connectivity index (χ4n) is 4.04. The van der Waals surface area contributed by atoms with Crippen molar-refractivity contribution in [1.29, 1.82) is 0 Å². The van der Waals surface area contributed by atoms with Crippen LogP contribution in [-0.4, -0.2) is 68.6 Å². The van der Waals surface area contributed by atoms with Gasteiger partial charge in [0.05, 0.1) is 0 Å². The van der Waals surface area contributed by atoms with E-state index in [0.717, 1.165) is 0 Å². The minimum Gasteiger partial charge on any atom is -0.343 e. The van der Waals surface area contributed by atoms with E-state index in [1.54, 1.807) is 0 Å². The highest BCUT2D eigenvalue weighted by atomic mass is 28.5. The van der Waals surface area contributed by atoms with Crippen LogP contribution in [0, 0.1) is 0 Å². The monoisotopic (exact) mass is 348 g/mol. The molecule has 1 aliphatic rings. The van der Waals surface area contributed by atoms with E-state index in [0.29, 0.717) is 0 Å². The van der Waals surface area contributed by atoms with Crippen LogP contribution in [0.25, 0.3) is 0 Å². The van der Waals surface area contributed by atoms with Gasteiger partial charge in [-0.2, -0.15) is 0 Å². The van der Waals surface area contributed by atoms with Crippen LogP contribution in [-0.2, 0) is 0 Å². The first-order valence-corrected chi connectivity index (χ1v) is 17.1. The zero-order chi connectivity index (χ0) is 15.6. The molecule has 1 saturated heterocycles. The summed E-state index contributed by atoms with van der Waals surface area (Å²) in [4.78, 5) is 0. The normalized spacial score (nSPS) is 30.3. The van der Waals surface area contributed by atoms with Crippen LogP contribution in [0.15, 0.2) is 0 Å². The maximum absolute atomic E-state index is 4.03. The molecule has 0 aromatic heterocycles. The number of nitrogens with one attached hydrogen (secondary N) is 1. The van der Waals surface area contributed by atoms with Gasteiger partial charge in [-0.3, -0.25) is 0 Å². The molecule has 0 radical (unpaired) electrons. The van der Waals surface area contributed by atoms with E-state index in [2.05, 4.69) is 71.7 Å². The molecule has 8 heteroatoms. The Morgan fingerprint density at radius 3 is 2.00 bits per heavy atom. The molecule has 0 aromatic carbocycles. The highest BCUT2D eigenvalue weighted by Gasteiger charge is 2.51. The Morgan fingerprint density at radius 2 is 1.60 bits per heavy atom. The van der Waals surface area contributed by atoms with Crippen molar-refractivity contribution < 1.29 is 0 Å². The molecule has 1 fully saturated rings. The minimum atomic E-state index is -1.50. The molecule has 0 saturated carbocycles. The van der Waals surface area contributed by atoms with E-state index in [-0.39, 0.29) is 9.84 Å². The fraction of sp³-hybridized carbons (Fsp3) is 1.00. The summed E-state index contributed by atoms with van der Waals surface area (Å²) in [6, 6.07) is 2.75. The van der Waals surface area contributed by atoms with Crippen LogP contribution < -0.4 is 4.65 Å². The lowest BCUT2D eigenvalue weighted by Crippen LogP contribution is -2.81. The lowest BCUT2D eigenvalue weighted by Gasteiger charge is -2.59. The van der Waals surface area contributed by atoms with Gasteiger partial charge >= 0.3 is 0 Å². The largest absolute Gasteiger partial charge is 0.343 e. The van der Waals surface area contributed by atoms with E-state index < -0.39 is 25.9 Å². The van der Waals surface area contributed by atoms with Crippen molar-refractivity contribution in [2.45, 2.75) is 59.4 Å². The molecular formula is C12H36N4Si4. The second-order valence-electron chi connectivity index (χ2n) is 6.43. The third-order valence-corrected chi connectivity index (χ3v) is 27.3. The zero-order valence-electron chi connectivity index (χ0n) is 15.0. The fourth-order valence-corrected chi connectivity index (χ4v) is 27.7. The van der Waals surface area contributed by atoms with Gasteiger partial charge in [-0.05, 0) is 51.9 Å². The molecule has 1 rings (SSSR count). The molecule has 120 valence electrons. The van der Waals surface area contributed by atoms with Gasteiger partial charge in [-0.1, -0.05) is 27.7 Å². The van der Waals surface area contributed by atoms with Crippen molar-refractivity contribution in [2.75, 3.05) is 20.1 Å². The molecule has 0 aliphatic carbocycles. The summed E-state index contributed by atoms with van der Waals surface area (Å²) in [5.74, 6) is 0. The lowest BCUT2D eigenvalue weighted by atomic mass is 10.8. The SMILES string of the molecule is CCN1[SiH2]N[SiH](C)N(C)[Si](C)(C)N(CC)[Si]1(CC)CC. The summed E-state index contributed by atoms with van der Waals surface area (Å²) in [7, 11) is -1.78. The third-order valence-electron chi connectivity index (χ3n) is 5.60. The highest BCUT2D eigenvalue weighted by molar-refractivity contribution is 6.96. The first-order valence-electron chi connectivity index (χ1n) is 8.30. The molecular weight excluding hydrogens is 313 g/mol. The molecule has 0 spiro atoms. The quantitative estimate of drug-likeness (QED) is 0.771. The van der Waals surface area contributed by atoms with E-state index in [4.69, 9.17) is 0 Å². The van der Waals surface area contributed by atoms with Crippen LogP contribution in [0.3, 0.4) is 0 Å². The number of hydrogen-bond acceptors (Lipinski definition) is 4. The van der Waals surface area contributed by atoms with E-state index in [9.17, 15) is 0 Å². The standard InChI is InChI=1S/C12H36N4Si4/c1-9-15-17-13-18(6)14(5)19(7,8)16(10-2)20(15,11-3)12-4/h13,18H,9-12,17H2,1-8H3. The summed E-state index contributed by atoms with van der Waals surface area (Å²) in [6.07, 6.45) is 0. The Kier molecular flexibility index (Phi) is 6.86. The Hall–Kier alpha value is 0.708. The van der Waals surface area contributed by atoms with Crippen molar-refractivity contribution >= 4 is 35.8 Å². The smallest absolute Gasteiger partial charge is 0.194 e. The summed E-state index contributed by atoms with van der Waals surface area (Å²) >= 11 is 0. The van der Waals surface area contributed by atoms with Crippen molar-refractivity contribution in [1.82, 2.24) is 17.3 Å². The van der Waals surface area contributed by atoms with E-state index in [1.165, 1.54) is 25.2 Å². The van der Waals surface area contributed by atoms with Crippen molar-refractivity contribution in [2.24, 2.45) is 0 Å². The molecule has 1 heterocycles. The maximum atomic E-state index is 4.03. The van der Waals surface area contributed by atoms with Crippen molar-refractivity contribution in [3.63, 3.8) is 0 Å². The van der Waals surface area contributed by atoms with Gasteiger partial charge in [0.2, 0.25) is 0 Å². The Labute approximate surface area is 133 Å². The van der Waals surface area contributed by atoms with Crippen molar-refractivity contribution in [3.05, 3.63) is 0 Å². The summed E-state index contributed by atoms with van der Waals surface area (Å²) < 4.78 is 12.8. The predicted molar refractivity (Wildman–Crippen MR) is 101 cm³/mol. The van der Waals surface area contributed by atoms with Gasteiger partial charge in [-0.25, -0.2) is 0 Å². The topological polar surface area (TPSA) is 21.8 Å². The number of rotatable bonds is 4. The second-order valence-corrected chi connectivity index (χ2v) is 21.7. The Morgan fingerprint density at radius 1 is 1.05 bits per heavy atom. The maximum Gasteiger partial charge on any atom is 0.194 e. The summed E-state index contributed by atoms with van der Waals surface area (Å²) in [5, 5.41) is 0. The first-order chi connectivity index (χ1) is 9.31. The Bertz CT molecular complexity index is 312. The van der Waals surface area contributed by atoms with Gasteiger partial charge in [0.1, 0.15) is 0 Å². The average molecular weight is 349 g/mol. The van der Waals surface area contributed by atoms with Crippen LogP contribution >= 0.6 is 0 Å². The Balaban J connectivity index is 3.34. The molecule has 20 heavy (non-hydrogen) atoms. The summed E-state index contributed by atoms with van der Waals surface area (Å²) in [6.45, 7) is 19.8. The molecule has 4 nitrogen and oxygen atoms in total. The van der Waals surface area contributed by atoms with Gasteiger partial charge in [0.25, 0.3) is 0 Å². The molecule has 1 unspecified atom stereocenters. The highest BCUT2D eigenvalue weighted by Crippen LogP contribution is 2.31. The summed E-state index contributed by atoms with van der Waals surface area (Å²) in [5.41, 5.74) is 0. The van der Waals surface area contributed by atoms with Crippen LogP contribution in [0.2, 0.25) is 31.7 Å².